The van der Waals surface area contributed by atoms with Gasteiger partial charge in [-0.15, -0.1) is 0 Å². The van der Waals surface area contributed by atoms with Crippen molar-refractivity contribution in [2.45, 2.75) is 20.0 Å². The number of aromatic nitrogens is 3. The number of anilines is 2. The number of rotatable bonds is 7. The average Bonchev–Trinajstić information content (AvgIpc) is 2.28. The third kappa shape index (κ3) is 4.79. The number of ether oxygens (including phenoxy) is 2. The van der Waals surface area contributed by atoms with Crippen LogP contribution in [0.25, 0.3) is 0 Å². The van der Waals surface area contributed by atoms with E-state index < -0.39 is 0 Å². The average molecular weight is 242 g/mol. The van der Waals surface area contributed by atoms with E-state index >= 15 is 0 Å². The number of nitrogens with zero attached hydrogens (tertiary/aromatic N) is 3. The maximum Gasteiger partial charge on any atom is 0.323 e. The van der Waals surface area contributed by atoms with E-state index in [1.165, 1.54) is 0 Å². The Labute approximate surface area is 99.9 Å². The van der Waals surface area contributed by atoms with Crippen LogP contribution >= 0.6 is 0 Å². The molecule has 8 heteroatoms. The highest BCUT2D eigenvalue weighted by atomic mass is 16.5. The molecule has 0 amide bonds. The molecule has 0 saturated heterocycles. The molecule has 0 aliphatic carbocycles. The molecule has 0 bridgehead atoms. The van der Waals surface area contributed by atoms with Crippen molar-refractivity contribution in [2.24, 2.45) is 5.84 Å². The Morgan fingerprint density at radius 1 is 1.24 bits per heavy atom. The summed E-state index contributed by atoms with van der Waals surface area (Å²) in [5.41, 5.74) is 2.36. The van der Waals surface area contributed by atoms with Gasteiger partial charge in [-0.25, -0.2) is 5.84 Å². The van der Waals surface area contributed by atoms with Gasteiger partial charge >= 0.3 is 6.01 Å². The molecule has 0 unspecified atom stereocenters. The van der Waals surface area contributed by atoms with Gasteiger partial charge in [0.25, 0.3) is 0 Å². The topological polar surface area (TPSA) is 107 Å². The smallest absolute Gasteiger partial charge is 0.323 e. The van der Waals surface area contributed by atoms with Crippen molar-refractivity contribution in [1.29, 1.82) is 0 Å². The van der Waals surface area contributed by atoms with Crippen LogP contribution in [-0.2, 0) is 4.74 Å². The lowest BCUT2D eigenvalue weighted by Crippen LogP contribution is -2.17. The van der Waals surface area contributed by atoms with Gasteiger partial charge in [-0.2, -0.15) is 15.0 Å². The van der Waals surface area contributed by atoms with Crippen LogP contribution in [-0.4, -0.2) is 41.3 Å². The molecule has 0 aromatic carbocycles. The lowest BCUT2D eigenvalue weighted by Gasteiger charge is -2.10. The maximum atomic E-state index is 5.37. The fourth-order valence-corrected chi connectivity index (χ4v) is 1.03. The van der Waals surface area contributed by atoms with Crippen LogP contribution in [0.1, 0.15) is 13.8 Å². The quantitative estimate of drug-likeness (QED) is 0.348. The zero-order valence-electron chi connectivity index (χ0n) is 10.2. The summed E-state index contributed by atoms with van der Waals surface area (Å²) in [7, 11) is 1.62. The van der Waals surface area contributed by atoms with Crippen molar-refractivity contribution in [3.63, 3.8) is 0 Å². The molecule has 8 nitrogen and oxygen atoms in total. The van der Waals surface area contributed by atoms with Crippen LogP contribution in [0.4, 0.5) is 11.9 Å². The zero-order valence-corrected chi connectivity index (χ0v) is 10.2. The van der Waals surface area contributed by atoms with Gasteiger partial charge in [0.2, 0.25) is 11.9 Å². The van der Waals surface area contributed by atoms with Gasteiger partial charge < -0.3 is 14.8 Å². The number of hydrazine groups is 1. The lowest BCUT2D eigenvalue weighted by molar-refractivity contribution is 0.210. The predicted octanol–water partition coefficient (Wildman–Crippen LogP) is 0.00270. The first-order valence-electron chi connectivity index (χ1n) is 5.28. The Morgan fingerprint density at radius 3 is 2.53 bits per heavy atom. The van der Waals surface area contributed by atoms with E-state index in [1.54, 1.807) is 7.11 Å². The van der Waals surface area contributed by atoms with E-state index in [9.17, 15) is 0 Å². The van der Waals surface area contributed by atoms with E-state index in [0.717, 1.165) is 0 Å². The first-order valence-corrected chi connectivity index (χ1v) is 5.28. The second kappa shape index (κ2) is 6.81. The summed E-state index contributed by atoms with van der Waals surface area (Å²) < 4.78 is 10.3. The van der Waals surface area contributed by atoms with Crippen molar-refractivity contribution in [3.05, 3.63) is 0 Å². The Bertz CT molecular complexity index is 346. The summed E-state index contributed by atoms with van der Waals surface area (Å²) in [5.74, 6) is 5.90. The Hall–Kier alpha value is -1.67. The molecule has 1 rings (SSSR count). The van der Waals surface area contributed by atoms with Crippen molar-refractivity contribution < 1.29 is 9.47 Å². The first-order chi connectivity index (χ1) is 8.15. The highest BCUT2D eigenvalue weighted by Crippen LogP contribution is 2.11. The van der Waals surface area contributed by atoms with Gasteiger partial charge in [-0.05, 0) is 13.8 Å². The molecule has 1 aromatic rings. The maximum absolute atomic E-state index is 5.37. The molecule has 0 aliphatic rings. The molecule has 4 N–H and O–H groups in total. The SMILES string of the molecule is COCCNc1nc(NN)nc(OC(C)C)n1. The molecule has 0 aliphatic heterocycles. The summed E-state index contributed by atoms with van der Waals surface area (Å²) in [4.78, 5) is 12.1. The third-order valence-electron chi connectivity index (χ3n) is 1.67. The number of nitrogen functional groups attached to an aromatic ring is 1. The number of hydrogen-bond donors (Lipinski definition) is 3. The molecule has 96 valence electrons. The summed E-state index contributed by atoms with van der Waals surface area (Å²) in [6.45, 7) is 4.91. The molecule has 1 heterocycles. The molecule has 1 aromatic heterocycles. The second-order valence-electron chi connectivity index (χ2n) is 3.50. The van der Waals surface area contributed by atoms with Crippen LogP contribution in [0.3, 0.4) is 0 Å². The first kappa shape index (κ1) is 13.4. The molecule has 0 fully saturated rings. The molecular formula is C9H18N6O2. The van der Waals surface area contributed by atoms with Crippen LogP contribution in [0, 0.1) is 0 Å². The van der Waals surface area contributed by atoms with Crippen LogP contribution in [0.15, 0.2) is 0 Å². The minimum Gasteiger partial charge on any atom is -0.461 e. The van der Waals surface area contributed by atoms with Gasteiger partial charge in [-0.1, -0.05) is 0 Å². The minimum atomic E-state index is -0.0187. The van der Waals surface area contributed by atoms with E-state index in [-0.39, 0.29) is 18.1 Å². The van der Waals surface area contributed by atoms with Crippen molar-refractivity contribution in [1.82, 2.24) is 15.0 Å². The molecule has 0 saturated carbocycles. The van der Waals surface area contributed by atoms with Gasteiger partial charge in [0.05, 0.1) is 12.7 Å². The van der Waals surface area contributed by atoms with Crippen LogP contribution < -0.4 is 21.3 Å². The Balaban J connectivity index is 2.74. The fraction of sp³-hybridized carbons (Fsp3) is 0.667. The highest BCUT2D eigenvalue weighted by Gasteiger charge is 2.07. The molecule has 0 radical (unpaired) electrons. The largest absolute Gasteiger partial charge is 0.461 e. The summed E-state index contributed by atoms with van der Waals surface area (Å²) in [5, 5.41) is 2.97. The van der Waals surface area contributed by atoms with Gasteiger partial charge in [-0.3, -0.25) is 5.43 Å². The monoisotopic (exact) mass is 242 g/mol. The number of hydrogen-bond acceptors (Lipinski definition) is 8. The van der Waals surface area contributed by atoms with Crippen LogP contribution in [0.5, 0.6) is 6.01 Å². The molecular weight excluding hydrogens is 224 g/mol. The highest BCUT2D eigenvalue weighted by molar-refractivity contribution is 5.34. The number of methoxy groups -OCH3 is 1. The van der Waals surface area contributed by atoms with Crippen LogP contribution in [0.2, 0.25) is 0 Å². The second-order valence-corrected chi connectivity index (χ2v) is 3.50. The van der Waals surface area contributed by atoms with Gasteiger partial charge in [0.15, 0.2) is 0 Å². The normalized spacial score (nSPS) is 10.4. The minimum absolute atomic E-state index is 0.0187. The summed E-state index contributed by atoms with van der Waals surface area (Å²) >= 11 is 0. The van der Waals surface area contributed by atoms with Gasteiger partial charge in [0.1, 0.15) is 0 Å². The molecule has 0 atom stereocenters. The zero-order chi connectivity index (χ0) is 12.7. The van der Waals surface area contributed by atoms with E-state index in [4.69, 9.17) is 15.3 Å². The van der Waals surface area contributed by atoms with E-state index in [0.29, 0.717) is 19.1 Å². The fourth-order valence-electron chi connectivity index (χ4n) is 1.03. The lowest BCUT2D eigenvalue weighted by atomic mass is 10.5. The number of nitrogens with two attached hydrogens (primary N) is 1. The predicted molar refractivity (Wildman–Crippen MR) is 63.8 cm³/mol. The van der Waals surface area contributed by atoms with Crippen molar-refractivity contribution >= 4 is 11.9 Å². The summed E-state index contributed by atoms with van der Waals surface area (Å²) in [6.07, 6.45) is -0.0187. The summed E-state index contributed by atoms with van der Waals surface area (Å²) in [6, 6.07) is 0.225. The van der Waals surface area contributed by atoms with Crippen molar-refractivity contribution in [3.8, 4) is 6.01 Å². The van der Waals surface area contributed by atoms with Crippen molar-refractivity contribution in [2.75, 3.05) is 31.0 Å². The molecule has 17 heavy (non-hydrogen) atoms. The van der Waals surface area contributed by atoms with Gasteiger partial charge in [0, 0.05) is 13.7 Å². The Kier molecular flexibility index (Phi) is 5.37. The Morgan fingerprint density at radius 2 is 1.94 bits per heavy atom. The standard InChI is InChI=1S/C9H18N6O2/c1-6(2)17-9-13-7(11-4-5-16-3)12-8(14-9)15-10/h6H,4-5,10H2,1-3H3,(H2,11,12,13,14,15). The third-order valence-corrected chi connectivity index (χ3v) is 1.67. The van der Waals surface area contributed by atoms with E-state index in [2.05, 4.69) is 25.7 Å². The molecule has 0 spiro atoms. The number of nitrogens with one attached hydrogen (secondary N) is 2. The van der Waals surface area contributed by atoms with E-state index in [1.807, 2.05) is 13.8 Å².